The van der Waals surface area contributed by atoms with Crippen molar-refractivity contribution in [2.24, 2.45) is 9.98 Å². The molecule has 0 aliphatic carbocycles. The topological polar surface area (TPSA) is 105 Å². The summed E-state index contributed by atoms with van der Waals surface area (Å²) in [6, 6.07) is 5.14. The molecule has 0 unspecified atom stereocenters. The smallest absolute Gasteiger partial charge is 0.194 e. The average molecular weight is 390 g/mol. The zero-order valence-corrected chi connectivity index (χ0v) is 17.6. The Morgan fingerprint density at radius 3 is 1.25 bits per heavy atom. The van der Waals surface area contributed by atoms with Crippen LogP contribution in [-0.2, 0) is 0 Å². The first kappa shape index (κ1) is 23.5. The lowest BCUT2D eigenvalue weighted by Gasteiger charge is -2.21. The Morgan fingerprint density at radius 2 is 1.11 bits per heavy atom. The van der Waals surface area contributed by atoms with E-state index in [4.69, 9.17) is 0 Å². The number of amidine groups is 2. The van der Waals surface area contributed by atoms with Crippen molar-refractivity contribution in [1.29, 1.82) is 0 Å². The second-order valence-corrected chi connectivity index (χ2v) is 7.80. The van der Waals surface area contributed by atoms with E-state index < -0.39 is 11.9 Å². The van der Waals surface area contributed by atoms with Gasteiger partial charge in [0.2, 0.25) is 0 Å². The van der Waals surface area contributed by atoms with Gasteiger partial charge in [0.25, 0.3) is 0 Å². The average Bonchev–Trinajstić information content (AvgIpc) is 3.08. The van der Waals surface area contributed by atoms with Crippen molar-refractivity contribution in [1.82, 2.24) is 0 Å². The van der Waals surface area contributed by atoms with Crippen LogP contribution in [0.2, 0.25) is 0 Å². The Balaban J connectivity index is 0.000000217. The number of likely N-dealkylation sites (N-methyl/N-ethyl adjacent to an activating group) is 2. The number of rotatable bonds is 2. The van der Waals surface area contributed by atoms with Crippen molar-refractivity contribution >= 4 is 23.6 Å². The molecule has 8 nitrogen and oxygen atoms in total. The van der Waals surface area contributed by atoms with Crippen LogP contribution < -0.4 is 10.2 Å². The third-order valence-electron chi connectivity index (χ3n) is 5.12. The van der Waals surface area contributed by atoms with Gasteiger partial charge in [0, 0.05) is 25.0 Å². The van der Waals surface area contributed by atoms with Crippen LogP contribution in [-0.4, -0.2) is 86.9 Å². The van der Waals surface area contributed by atoms with E-state index in [9.17, 15) is 19.8 Å². The van der Waals surface area contributed by atoms with Gasteiger partial charge >= 0.3 is 0 Å². The molecule has 28 heavy (non-hydrogen) atoms. The summed E-state index contributed by atoms with van der Waals surface area (Å²) in [6.45, 7) is 8.55. The quantitative estimate of drug-likeness (QED) is 0.629. The van der Waals surface area contributed by atoms with Crippen LogP contribution in [0.1, 0.15) is 34.6 Å². The van der Waals surface area contributed by atoms with Gasteiger partial charge in [-0.25, -0.2) is 9.98 Å². The van der Waals surface area contributed by atoms with Crippen LogP contribution in [0.4, 0.5) is 0 Å². The molecular formula is C20H30N4O4. The number of aliphatic imine (C=N–C) groups is 2. The lowest BCUT2D eigenvalue weighted by atomic mass is 10.1. The van der Waals surface area contributed by atoms with Crippen molar-refractivity contribution in [3.63, 3.8) is 0 Å². The van der Waals surface area contributed by atoms with Crippen LogP contribution >= 0.6 is 0 Å². The highest BCUT2D eigenvalue weighted by Crippen LogP contribution is 2.07. The second-order valence-electron chi connectivity index (χ2n) is 7.80. The van der Waals surface area contributed by atoms with E-state index in [-0.39, 0.29) is 11.1 Å². The van der Waals surface area contributed by atoms with E-state index in [1.807, 2.05) is 0 Å². The van der Waals surface area contributed by atoms with Crippen molar-refractivity contribution in [3.8, 4) is 0 Å². The maximum absolute atomic E-state index is 10.3. The molecule has 1 aromatic rings. The number of carbonyl (C=O) groups excluding carboxylic acids is 2. The highest BCUT2D eigenvalue weighted by Gasteiger charge is 2.24. The third-order valence-corrected chi connectivity index (χ3v) is 5.12. The normalized spacial score (nSPS) is 18.6. The van der Waals surface area contributed by atoms with E-state index in [1.54, 1.807) is 0 Å². The molecule has 0 bridgehead atoms. The van der Waals surface area contributed by atoms with Gasteiger partial charge in [0.1, 0.15) is 13.1 Å². The van der Waals surface area contributed by atoms with Gasteiger partial charge < -0.3 is 19.8 Å². The highest BCUT2D eigenvalue weighted by molar-refractivity contribution is 5.99. The monoisotopic (exact) mass is 390 g/mol. The van der Waals surface area contributed by atoms with E-state index in [0.29, 0.717) is 0 Å². The molecule has 2 heterocycles. The Labute approximate surface area is 166 Å². The molecule has 0 fully saturated rings. The molecular weight excluding hydrogens is 360 g/mol. The molecule has 8 heteroatoms. The van der Waals surface area contributed by atoms with Gasteiger partial charge in [-0.05, 0) is 0 Å². The van der Waals surface area contributed by atoms with Crippen molar-refractivity contribution in [2.75, 3.05) is 54.4 Å². The van der Waals surface area contributed by atoms with Crippen LogP contribution in [0.25, 0.3) is 0 Å². The SMILES string of the molecule is CC1=NCC[N+]1(C)C.CC1=NCC[N+]1(C)C.O=C([O-])c1ccccc1C(=O)[O-]. The van der Waals surface area contributed by atoms with Crippen LogP contribution in [0.3, 0.4) is 0 Å². The first-order valence-corrected chi connectivity index (χ1v) is 9.09. The van der Waals surface area contributed by atoms with Gasteiger partial charge in [0.15, 0.2) is 11.7 Å². The van der Waals surface area contributed by atoms with Crippen molar-refractivity contribution in [2.45, 2.75) is 13.8 Å². The highest BCUT2D eigenvalue weighted by atomic mass is 16.4. The molecule has 0 saturated heterocycles. The molecule has 0 saturated carbocycles. The molecule has 2 aliphatic rings. The Hall–Kier alpha value is -2.58. The molecule has 0 radical (unpaired) electrons. The molecule has 2 aliphatic heterocycles. The number of hydrogen-bond acceptors (Lipinski definition) is 6. The molecule has 3 rings (SSSR count). The fourth-order valence-electron chi connectivity index (χ4n) is 2.47. The first-order valence-electron chi connectivity index (χ1n) is 9.09. The summed E-state index contributed by atoms with van der Waals surface area (Å²) in [5.41, 5.74) is -0.727. The Morgan fingerprint density at radius 1 is 0.786 bits per heavy atom. The zero-order chi connectivity index (χ0) is 21.5. The predicted molar refractivity (Wildman–Crippen MR) is 105 cm³/mol. The number of carboxylic acids is 2. The molecule has 0 amide bonds. The van der Waals surface area contributed by atoms with E-state index in [0.717, 1.165) is 34.2 Å². The zero-order valence-electron chi connectivity index (χ0n) is 17.6. The standard InChI is InChI=1S/C8H6O4.2C6H13N2/c9-7(10)5-3-1-2-4-6(5)8(11)12;2*1-6-7-4-5-8(6,2)3/h1-4H,(H,9,10)(H,11,12);2*4-5H2,1-3H3/q;2*+1/p-2. The van der Waals surface area contributed by atoms with Crippen LogP contribution in [0.5, 0.6) is 0 Å². The number of carbonyl (C=O) groups is 2. The lowest BCUT2D eigenvalue weighted by Crippen LogP contribution is -2.41. The minimum absolute atomic E-state index is 0.363. The summed E-state index contributed by atoms with van der Waals surface area (Å²) in [5, 5.41) is 20.6. The summed E-state index contributed by atoms with van der Waals surface area (Å²) < 4.78 is 1.97. The third kappa shape index (κ3) is 6.54. The second kappa shape index (κ2) is 9.57. The summed E-state index contributed by atoms with van der Waals surface area (Å²) >= 11 is 0. The molecule has 0 aromatic heterocycles. The van der Waals surface area contributed by atoms with Crippen LogP contribution in [0.15, 0.2) is 34.3 Å². The fraction of sp³-hybridized carbons (Fsp3) is 0.500. The number of hydrogen-bond donors (Lipinski definition) is 0. The first-order chi connectivity index (χ1) is 12.9. The van der Waals surface area contributed by atoms with Gasteiger partial charge in [-0.2, -0.15) is 0 Å². The summed E-state index contributed by atoms with van der Waals surface area (Å²) in [5.74, 6) is -0.528. The van der Waals surface area contributed by atoms with E-state index >= 15 is 0 Å². The molecule has 0 spiro atoms. The van der Waals surface area contributed by atoms with Gasteiger partial charge in [0.05, 0.1) is 53.2 Å². The van der Waals surface area contributed by atoms with Gasteiger partial charge in [-0.1, -0.05) is 24.3 Å². The Kier molecular flexibility index (Phi) is 8.01. The number of aromatic carboxylic acids is 2. The van der Waals surface area contributed by atoms with E-state index in [2.05, 4.69) is 52.0 Å². The fourth-order valence-corrected chi connectivity index (χ4v) is 2.47. The number of benzene rings is 1. The van der Waals surface area contributed by atoms with Crippen LogP contribution in [0, 0.1) is 0 Å². The number of carboxylic acid groups (broad SMARTS) is 2. The van der Waals surface area contributed by atoms with Gasteiger partial charge in [-0.3, -0.25) is 8.97 Å². The van der Waals surface area contributed by atoms with Crippen molar-refractivity contribution in [3.05, 3.63) is 35.4 Å². The predicted octanol–water partition coefficient (Wildman–Crippen LogP) is -0.597. The number of nitrogens with zero attached hydrogens (tertiary/aromatic N) is 4. The maximum atomic E-state index is 10.3. The summed E-state index contributed by atoms with van der Waals surface area (Å²) in [6.07, 6.45) is 0. The summed E-state index contributed by atoms with van der Waals surface area (Å²) in [4.78, 5) is 29.2. The molecule has 0 atom stereocenters. The van der Waals surface area contributed by atoms with Gasteiger partial charge in [-0.15, -0.1) is 0 Å². The minimum Gasteiger partial charge on any atom is -0.545 e. The summed E-state index contributed by atoms with van der Waals surface area (Å²) in [7, 11) is 8.75. The van der Waals surface area contributed by atoms with Crippen molar-refractivity contribution < 1.29 is 28.8 Å². The molecule has 0 N–H and O–H groups in total. The Bertz CT molecular complexity index is 717. The largest absolute Gasteiger partial charge is 0.545 e. The molecule has 1 aromatic carbocycles. The minimum atomic E-state index is -1.52. The number of quaternary nitrogens is 2. The molecule has 154 valence electrons. The lowest BCUT2D eigenvalue weighted by molar-refractivity contribution is -0.792. The van der Waals surface area contributed by atoms with E-state index in [1.165, 1.54) is 36.9 Å². The maximum Gasteiger partial charge on any atom is 0.194 e.